The molecule has 2 fully saturated rings. The van der Waals surface area contributed by atoms with E-state index in [9.17, 15) is 4.79 Å². The van der Waals surface area contributed by atoms with Gasteiger partial charge in [-0.15, -0.1) is 0 Å². The maximum Gasteiger partial charge on any atom is 0.225 e. The van der Waals surface area contributed by atoms with Gasteiger partial charge in [0.1, 0.15) is 11.4 Å². The summed E-state index contributed by atoms with van der Waals surface area (Å²) in [5, 5.41) is 0. The minimum absolute atomic E-state index is 0.280. The number of carbonyl (C=O) groups excluding carboxylic acids is 1. The SMILES string of the molecule is COc1cccc(-c2nc3ccc(Br)cn3c2CN2CCN(C(=O)C3CCC3)CC2)c1. The molecule has 1 amide bonds. The summed E-state index contributed by atoms with van der Waals surface area (Å²) in [6.45, 7) is 4.18. The van der Waals surface area contributed by atoms with Gasteiger partial charge in [-0.25, -0.2) is 4.98 Å². The molecule has 2 aliphatic rings. The number of fused-ring (bicyclic) bond motifs is 1. The number of benzene rings is 1. The Kier molecular flexibility index (Phi) is 5.71. The van der Waals surface area contributed by atoms with Crippen LogP contribution in [-0.2, 0) is 11.3 Å². The van der Waals surface area contributed by atoms with Crippen molar-refractivity contribution >= 4 is 27.5 Å². The van der Waals surface area contributed by atoms with E-state index >= 15 is 0 Å². The summed E-state index contributed by atoms with van der Waals surface area (Å²) in [4.78, 5) is 22.0. The molecule has 31 heavy (non-hydrogen) atoms. The van der Waals surface area contributed by atoms with Crippen molar-refractivity contribution in [3.05, 3.63) is 52.8 Å². The summed E-state index contributed by atoms with van der Waals surface area (Å²) in [5.74, 6) is 1.47. The van der Waals surface area contributed by atoms with E-state index in [-0.39, 0.29) is 5.92 Å². The zero-order valence-corrected chi connectivity index (χ0v) is 19.3. The van der Waals surface area contributed by atoms with E-state index in [1.54, 1.807) is 7.11 Å². The van der Waals surface area contributed by atoms with E-state index in [1.807, 2.05) is 30.3 Å². The molecule has 162 valence electrons. The van der Waals surface area contributed by atoms with Crippen molar-refractivity contribution in [1.29, 1.82) is 0 Å². The third kappa shape index (κ3) is 4.08. The molecule has 3 heterocycles. The number of piperazine rings is 1. The van der Waals surface area contributed by atoms with Crippen molar-refractivity contribution < 1.29 is 9.53 Å². The molecule has 2 aromatic heterocycles. The van der Waals surface area contributed by atoms with Crippen LogP contribution in [0.3, 0.4) is 0 Å². The molecule has 0 N–H and O–H groups in total. The number of halogens is 1. The Balaban J connectivity index is 1.41. The monoisotopic (exact) mass is 482 g/mol. The Morgan fingerprint density at radius 3 is 2.68 bits per heavy atom. The highest BCUT2D eigenvalue weighted by Gasteiger charge is 2.31. The van der Waals surface area contributed by atoms with Crippen LogP contribution in [0.4, 0.5) is 0 Å². The van der Waals surface area contributed by atoms with Gasteiger partial charge in [-0.1, -0.05) is 18.6 Å². The number of carbonyl (C=O) groups is 1. The highest BCUT2D eigenvalue weighted by atomic mass is 79.9. The second kappa shape index (κ2) is 8.63. The molecule has 0 radical (unpaired) electrons. The Hall–Kier alpha value is -2.38. The summed E-state index contributed by atoms with van der Waals surface area (Å²) in [5.41, 5.74) is 4.11. The van der Waals surface area contributed by atoms with Crippen molar-refractivity contribution in [3.63, 3.8) is 0 Å². The lowest BCUT2D eigenvalue weighted by atomic mass is 9.84. The van der Waals surface area contributed by atoms with Crippen LogP contribution in [-0.4, -0.2) is 58.4 Å². The van der Waals surface area contributed by atoms with Gasteiger partial charge in [0.25, 0.3) is 0 Å². The average molecular weight is 483 g/mol. The van der Waals surface area contributed by atoms with Crippen LogP contribution in [0.5, 0.6) is 5.75 Å². The molecule has 1 saturated carbocycles. The lowest BCUT2D eigenvalue weighted by Crippen LogP contribution is -2.50. The lowest BCUT2D eigenvalue weighted by Gasteiger charge is -2.38. The van der Waals surface area contributed by atoms with Gasteiger partial charge in [0.15, 0.2) is 0 Å². The molecular weight excluding hydrogens is 456 g/mol. The fourth-order valence-corrected chi connectivity index (χ4v) is 4.81. The van der Waals surface area contributed by atoms with Gasteiger partial charge in [0, 0.05) is 54.9 Å². The second-order valence-corrected chi connectivity index (χ2v) is 9.36. The van der Waals surface area contributed by atoms with E-state index in [0.29, 0.717) is 5.91 Å². The van der Waals surface area contributed by atoms with Crippen molar-refractivity contribution in [1.82, 2.24) is 19.2 Å². The summed E-state index contributed by atoms with van der Waals surface area (Å²) >= 11 is 3.60. The predicted octanol–water partition coefficient (Wildman–Crippen LogP) is 4.22. The molecule has 5 rings (SSSR count). The number of hydrogen-bond acceptors (Lipinski definition) is 4. The zero-order chi connectivity index (χ0) is 21.4. The number of ether oxygens (including phenoxy) is 1. The molecule has 1 saturated heterocycles. The Morgan fingerprint density at radius 1 is 1.16 bits per heavy atom. The first-order chi connectivity index (χ1) is 15.1. The van der Waals surface area contributed by atoms with Crippen LogP contribution in [0.2, 0.25) is 0 Å². The molecule has 1 aromatic carbocycles. The van der Waals surface area contributed by atoms with Crippen LogP contribution >= 0.6 is 15.9 Å². The second-order valence-electron chi connectivity index (χ2n) is 8.44. The highest BCUT2D eigenvalue weighted by Crippen LogP contribution is 2.31. The standard InChI is InChI=1S/C24H27BrN4O2/c1-31-20-7-3-6-18(14-20)23-21(29-15-19(25)8-9-22(29)26-23)16-27-10-12-28(13-11-27)24(30)17-4-2-5-17/h3,6-9,14-15,17H,2,4-5,10-13,16H2,1H3. The molecule has 0 spiro atoms. The molecule has 0 unspecified atom stereocenters. The Bertz CT molecular complexity index is 1100. The Labute approximate surface area is 190 Å². The van der Waals surface area contributed by atoms with Gasteiger partial charge in [0.05, 0.1) is 18.5 Å². The lowest BCUT2D eigenvalue weighted by molar-refractivity contribution is -0.140. The number of nitrogens with zero attached hydrogens (tertiary/aromatic N) is 4. The third-order valence-corrected chi connectivity index (χ3v) is 7.01. The van der Waals surface area contributed by atoms with Crippen LogP contribution < -0.4 is 4.74 Å². The number of methoxy groups -OCH3 is 1. The van der Waals surface area contributed by atoms with Gasteiger partial charge in [-0.3, -0.25) is 9.69 Å². The fraction of sp³-hybridized carbons (Fsp3) is 0.417. The molecule has 0 atom stereocenters. The molecule has 1 aliphatic heterocycles. The largest absolute Gasteiger partial charge is 0.497 e. The summed E-state index contributed by atoms with van der Waals surface area (Å²) in [6.07, 6.45) is 5.42. The van der Waals surface area contributed by atoms with E-state index in [4.69, 9.17) is 9.72 Å². The predicted molar refractivity (Wildman–Crippen MR) is 124 cm³/mol. The first-order valence-electron chi connectivity index (χ1n) is 10.9. The number of rotatable bonds is 5. The summed E-state index contributed by atoms with van der Waals surface area (Å²) in [7, 11) is 1.69. The van der Waals surface area contributed by atoms with Crippen molar-refractivity contribution in [2.45, 2.75) is 25.8 Å². The maximum absolute atomic E-state index is 12.6. The smallest absolute Gasteiger partial charge is 0.225 e. The number of pyridine rings is 1. The van der Waals surface area contributed by atoms with Crippen LogP contribution in [0, 0.1) is 5.92 Å². The van der Waals surface area contributed by atoms with E-state index in [1.165, 1.54) is 6.42 Å². The molecule has 1 aliphatic carbocycles. The number of imidazole rings is 1. The average Bonchev–Trinajstić information content (AvgIpc) is 3.10. The summed E-state index contributed by atoms with van der Waals surface area (Å²) < 4.78 is 8.63. The molecule has 3 aromatic rings. The van der Waals surface area contributed by atoms with E-state index in [0.717, 1.165) is 78.4 Å². The first kappa shape index (κ1) is 20.5. The number of amides is 1. The van der Waals surface area contributed by atoms with Crippen LogP contribution in [0.25, 0.3) is 16.9 Å². The van der Waals surface area contributed by atoms with Gasteiger partial charge in [-0.05, 0) is 53.0 Å². The fourth-order valence-electron chi connectivity index (χ4n) is 4.47. The van der Waals surface area contributed by atoms with Gasteiger partial charge in [-0.2, -0.15) is 0 Å². The van der Waals surface area contributed by atoms with Gasteiger partial charge >= 0.3 is 0 Å². The minimum atomic E-state index is 0.280. The quantitative estimate of drug-likeness (QED) is 0.546. The zero-order valence-electron chi connectivity index (χ0n) is 17.8. The highest BCUT2D eigenvalue weighted by molar-refractivity contribution is 9.10. The topological polar surface area (TPSA) is 50.1 Å². The third-order valence-electron chi connectivity index (χ3n) is 6.54. The first-order valence-corrected chi connectivity index (χ1v) is 11.7. The Morgan fingerprint density at radius 2 is 1.97 bits per heavy atom. The molecule has 7 heteroatoms. The molecule has 6 nitrogen and oxygen atoms in total. The van der Waals surface area contributed by atoms with Crippen LogP contribution in [0.1, 0.15) is 25.0 Å². The number of hydrogen-bond donors (Lipinski definition) is 0. The van der Waals surface area contributed by atoms with E-state index in [2.05, 4.69) is 42.4 Å². The van der Waals surface area contributed by atoms with Gasteiger partial charge < -0.3 is 14.0 Å². The van der Waals surface area contributed by atoms with E-state index < -0.39 is 0 Å². The van der Waals surface area contributed by atoms with Gasteiger partial charge in [0.2, 0.25) is 5.91 Å². The summed E-state index contributed by atoms with van der Waals surface area (Å²) in [6, 6.07) is 12.1. The van der Waals surface area contributed by atoms with Crippen molar-refractivity contribution in [2.24, 2.45) is 5.92 Å². The minimum Gasteiger partial charge on any atom is -0.497 e. The van der Waals surface area contributed by atoms with Crippen molar-refractivity contribution in [2.75, 3.05) is 33.3 Å². The normalized spacial score (nSPS) is 17.7. The molecule has 0 bridgehead atoms. The van der Waals surface area contributed by atoms with Crippen molar-refractivity contribution in [3.8, 4) is 17.0 Å². The maximum atomic E-state index is 12.6. The molecular formula is C24H27BrN4O2. The van der Waals surface area contributed by atoms with Crippen LogP contribution in [0.15, 0.2) is 47.1 Å². The number of aromatic nitrogens is 2.